The number of hydrogen-bond donors (Lipinski definition) is 0. The van der Waals surface area contributed by atoms with E-state index in [1.54, 1.807) is 12.1 Å². The zero-order valence-electron chi connectivity index (χ0n) is 12.3. The predicted octanol–water partition coefficient (Wildman–Crippen LogP) is 3.71. The first-order valence-electron chi connectivity index (χ1n) is 7.26. The summed E-state index contributed by atoms with van der Waals surface area (Å²) < 4.78 is 11.4. The second kappa shape index (κ2) is 7.09. The summed E-state index contributed by atoms with van der Waals surface area (Å²) in [5.74, 6) is 0.288. The van der Waals surface area contributed by atoms with Gasteiger partial charge in [0.1, 0.15) is 12.2 Å². The largest absolute Gasteiger partial charge is 0.481 e. The Morgan fingerprint density at radius 3 is 2.76 bits per heavy atom. The van der Waals surface area contributed by atoms with Crippen LogP contribution in [0.1, 0.15) is 32.3 Å². The number of halogens is 1. The Labute approximate surface area is 129 Å². The Balaban J connectivity index is 2.10. The molecule has 0 aliphatic heterocycles. The third-order valence-electron chi connectivity index (χ3n) is 3.60. The molecule has 5 nitrogen and oxygen atoms in total. The van der Waals surface area contributed by atoms with Crippen molar-refractivity contribution >= 4 is 17.3 Å². The standard InChI is InChI=1S/C15H20ClNO4/c1-3-7-20-15-11(16)9-14(15)21-13-6-5-10(4-2)8-12(13)17(18)19/h5-6,8,11,14-15H,3-4,7,9H2,1-2H3. The third kappa shape index (κ3) is 3.66. The van der Waals surface area contributed by atoms with Crippen LogP contribution < -0.4 is 4.74 Å². The molecular weight excluding hydrogens is 294 g/mol. The molecule has 6 heteroatoms. The van der Waals surface area contributed by atoms with Gasteiger partial charge in [-0.3, -0.25) is 10.1 Å². The second-order valence-corrected chi connectivity index (χ2v) is 5.72. The van der Waals surface area contributed by atoms with Crippen molar-refractivity contribution in [2.24, 2.45) is 0 Å². The smallest absolute Gasteiger partial charge is 0.311 e. The monoisotopic (exact) mass is 313 g/mol. The van der Waals surface area contributed by atoms with Crippen molar-refractivity contribution in [1.29, 1.82) is 0 Å². The number of rotatable bonds is 7. The summed E-state index contributed by atoms with van der Waals surface area (Å²) in [6.45, 7) is 4.59. The molecule has 116 valence electrons. The van der Waals surface area contributed by atoms with Gasteiger partial charge >= 0.3 is 5.69 Å². The quantitative estimate of drug-likeness (QED) is 0.437. The zero-order valence-corrected chi connectivity index (χ0v) is 13.0. The summed E-state index contributed by atoms with van der Waals surface area (Å²) in [6, 6.07) is 5.07. The molecule has 1 aliphatic rings. The SMILES string of the molecule is CCCOC1C(Cl)CC1Oc1ccc(CC)cc1[N+](=O)[O-]. The van der Waals surface area contributed by atoms with Crippen molar-refractivity contribution in [2.75, 3.05) is 6.61 Å². The molecule has 0 heterocycles. The predicted molar refractivity (Wildman–Crippen MR) is 81.2 cm³/mol. The van der Waals surface area contributed by atoms with Gasteiger partial charge in [0.25, 0.3) is 0 Å². The summed E-state index contributed by atoms with van der Waals surface area (Å²) in [6.07, 6.45) is 1.87. The van der Waals surface area contributed by atoms with Crippen LogP contribution in [-0.4, -0.2) is 29.1 Å². The molecule has 21 heavy (non-hydrogen) atoms. The van der Waals surface area contributed by atoms with E-state index in [4.69, 9.17) is 21.1 Å². The van der Waals surface area contributed by atoms with E-state index < -0.39 is 4.92 Å². The van der Waals surface area contributed by atoms with Crippen LogP contribution in [0.4, 0.5) is 5.69 Å². The van der Waals surface area contributed by atoms with Crippen LogP contribution in [0.25, 0.3) is 0 Å². The fraction of sp³-hybridized carbons (Fsp3) is 0.600. The fourth-order valence-electron chi connectivity index (χ4n) is 2.30. The minimum atomic E-state index is -0.409. The Morgan fingerprint density at radius 1 is 1.43 bits per heavy atom. The summed E-state index contributed by atoms with van der Waals surface area (Å²) in [5, 5.41) is 11.1. The summed E-state index contributed by atoms with van der Waals surface area (Å²) >= 11 is 6.12. The van der Waals surface area contributed by atoms with Gasteiger partial charge in [-0.05, 0) is 24.5 Å². The molecule has 1 aromatic rings. The molecule has 1 fully saturated rings. The highest BCUT2D eigenvalue weighted by Crippen LogP contribution is 2.36. The molecule has 3 unspecified atom stereocenters. The maximum atomic E-state index is 11.2. The van der Waals surface area contributed by atoms with Crippen molar-refractivity contribution in [3.63, 3.8) is 0 Å². The average molecular weight is 314 g/mol. The number of nitrogens with zero attached hydrogens (tertiary/aromatic N) is 1. The lowest BCUT2D eigenvalue weighted by Gasteiger charge is -2.40. The first-order chi connectivity index (χ1) is 10.1. The van der Waals surface area contributed by atoms with E-state index in [0.29, 0.717) is 13.0 Å². The van der Waals surface area contributed by atoms with Gasteiger partial charge in [-0.25, -0.2) is 0 Å². The Hall–Kier alpha value is -1.33. The topological polar surface area (TPSA) is 61.6 Å². The van der Waals surface area contributed by atoms with Gasteiger partial charge < -0.3 is 9.47 Å². The maximum absolute atomic E-state index is 11.2. The van der Waals surface area contributed by atoms with E-state index in [1.165, 1.54) is 0 Å². The third-order valence-corrected chi connectivity index (χ3v) is 4.03. The van der Waals surface area contributed by atoms with Gasteiger partial charge in [0.15, 0.2) is 5.75 Å². The van der Waals surface area contributed by atoms with Gasteiger partial charge in [0.2, 0.25) is 0 Å². The molecular formula is C15H20ClNO4. The molecule has 0 saturated heterocycles. The normalized spacial score (nSPS) is 24.4. The zero-order chi connectivity index (χ0) is 15.4. The fourth-order valence-corrected chi connectivity index (χ4v) is 2.71. The number of nitro benzene ring substituents is 1. The van der Waals surface area contributed by atoms with Crippen LogP contribution in [0.3, 0.4) is 0 Å². The lowest BCUT2D eigenvalue weighted by Crippen LogP contribution is -2.52. The molecule has 0 radical (unpaired) electrons. The van der Waals surface area contributed by atoms with Crippen LogP contribution in [0.5, 0.6) is 5.75 Å². The highest BCUT2D eigenvalue weighted by Gasteiger charge is 2.43. The van der Waals surface area contributed by atoms with Crippen LogP contribution in [0.2, 0.25) is 0 Å². The van der Waals surface area contributed by atoms with Crippen LogP contribution >= 0.6 is 11.6 Å². The summed E-state index contributed by atoms with van der Waals surface area (Å²) in [4.78, 5) is 10.8. The molecule has 0 N–H and O–H groups in total. The molecule has 0 aromatic heterocycles. The molecule has 0 spiro atoms. The molecule has 0 bridgehead atoms. The van der Waals surface area contributed by atoms with Crippen LogP contribution in [0, 0.1) is 10.1 Å². The first-order valence-corrected chi connectivity index (χ1v) is 7.70. The van der Waals surface area contributed by atoms with E-state index in [1.807, 2.05) is 19.9 Å². The Morgan fingerprint density at radius 2 is 2.19 bits per heavy atom. The lowest BCUT2D eigenvalue weighted by molar-refractivity contribution is -0.386. The number of aryl methyl sites for hydroxylation is 1. The van der Waals surface area contributed by atoms with E-state index in [9.17, 15) is 10.1 Å². The van der Waals surface area contributed by atoms with Gasteiger partial charge in [0.05, 0.1) is 10.3 Å². The minimum absolute atomic E-state index is 0.00149. The van der Waals surface area contributed by atoms with Crippen molar-refractivity contribution in [2.45, 2.75) is 50.7 Å². The molecule has 1 saturated carbocycles. The van der Waals surface area contributed by atoms with Gasteiger partial charge in [-0.1, -0.05) is 19.9 Å². The van der Waals surface area contributed by atoms with Gasteiger partial charge in [0, 0.05) is 19.1 Å². The average Bonchev–Trinajstić information content (AvgIpc) is 2.47. The number of hydrogen-bond acceptors (Lipinski definition) is 4. The second-order valence-electron chi connectivity index (χ2n) is 5.16. The highest BCUT2D eigenvalue weighted by molar-refractivity contribution is 6.21. The van der Waals surface area contributed by atoms with Gasteiger partial charge in [-0.2, -0.15) is 0 Å². The van der Waals surface area contributed by atoms with E-state index >= 15 is 0 Å². The van der Waals surface area contributed by atoms with Crippen molar-refractivity contribution in [1.82, 2.24) is 0 Å². The lowest BCUT2D eigenvalue weighted by atomic mass is 9.91. The highest BCUT2D eigenvalue weighted by atomic mass is 35.5. The summed E-state index contributed by atoms with van der Waals surface area (Å²) in [7, 11) is 0. The first kappa shape index (κ1) is 16.0. The van der Waals surface area contributed by atoms with E-state index in [2.05, 4.69) is 0 Å². The Bertz CT molecular complexity index is 508. The number of alkyl halides is 1. The minimum Gasteiger partial charge on any atom is -0.481 e. The van der Waals surface area contributed by atoms with Crippen molar-refractivity contribution in [3.05, 3.63) is 33.9 Å². The molecule has 3 atom stereocenters. The molecule has 1 aromatic carbocycles. The van der Waals surface area contributed by atoms with Crippen molar-refractivity contribution < 1.29 is 14.4 Å². The van der Waals surface area contributed by atoms with Crippen molar-refractivity contribution in [3.8, 4) is 5.75 Å². The Kier molecular flexibility index (Phi) is 5.42. The number of ether oxygens (including phenoxy) is 2. The molecule has 0 amide bonds. The molecule has 1 aliphatic carbocycles. The van der Waals surface area contributed by atoms with E-state index in [-0.39, 0.29) is 29.0 Å². The molecule has 2 rings (SSSR count). The summed E-state index contributed by atoms with van der Waals surface area (Å²) in [5.41, 5.74) is 0.915. The maximum Gasteiger partial charge on any atom is 0.311 e. The van der Waals surface area contributed by atoms with Gasteiger partial charge in [-0.15, -0.1) is 11.6 Å². The van der Waals surface area contributed by atoms with Crippen LogP contribution in [-0.2, 0) is 11.2 Å². The van der Waals surface area contributed by atoms with E-state index in [0.717, 1.165) is 18.4 Å². The van der Waals surface area contributed by atoms with Crippen LogP contribution in [0.15, 0.2) is 18.2 Å². The number of nitro groups is 1. The number of benzene rings is 1.